The van der Waals surface area contributed by atoms with Crippen molar-refractivity contribution in [2.45, 2.75) is 84.3 Å². The Morgan fingerprint density at radius 3 is 2.37 bits per heavy atom. The van der Waals surface area contributed by atoms with Gasteiger partial charge in [0.15, 0.2) is 5.78 Å². The van der Waals surface area contributed by atoms with Crippen LogP contribution < -0.4 is 4.90 Å². The number of aliphatic hydroxyl groups is 1. The third-order valence-corrected chi connectivity index (χ3v) is 9.96. The number of esters is 1. The molecule has 49 heavy (non-hydrogen) atoms. The van der Waals surface area contributed by atoms with Crippen molar-refractivity contribution in [1.82, 2.24) is 0 Å². The van der Waals surface area contributed by atoms with Gasteiger partial charge in [-0.25, -0.2) is 9.69 Å². The Morgan fingerprint density at radius 2 is 1.80 bits per heavy atom. The summed E-state index contributed by atoms with van der Waals surface area (Å²) in [5, 5.41) is 15.0. The van der Waals surface area contributed by atoms with E-state index in [0.29, 0.717) is 76.1 Å². The summed E-state index contributed by atoms with van der Waals surface area (Å²) in [5.41, 5.74) is 4.24. The number of ketones is 1. The first-order valence-corrected chi connectivity index (χ1v) is 18.7. The van der Waals surface area contributed by atoms with Gasteiger partial charge in [-0.1, -0.05) is 60.7 Å². The minimum Gasteiger partial charge on any atom is -0.511 e. The maximum absolute atomic E-state index is 12.7. The summed E-state index contributed by atoms with van der Waals surface area (Å²) < 4.78 is 4.84. The van der Waals surface area contributed by atoms with Crippen LogP contribution in [-0.4, -0.2) is 58.6 Å². The van der Waals surface area contributed by atoms with Gasteiger partial charge in [0.1, 0.15) is 17.4 Å². The van der Waals surface area contributed by atoms with Crippen LogP contribution in [0.5, 0.6) is 0 Å². The molecule has 2 unspecified atom stereocenters. The number of nitrogens with zero attached hydrogens (tertiary/aromatic N) is 2. The van der Waals surface area contributed by atoms with Crippen LogP contribution in [0.4, 0.5) is 5.69 Å². The summed E-state index contributed by atoms with van der Waals surface area (Å²) in [4.78, 5) is 55.7. The first-order chi connectivity index (χ1) is 23.5. The number of allylic oxidation sites excluding steroid dienone is 2. The first-order valence-electron chi connectivity index (χ1n) is 16.4. The molecule has 0 aromatic heterocycles. The Labute approximate surface area is 307 Å². The average Bonchev–Trinajstić information content (AvgIpc) is 3.32. The second-order valence-corrected chi connectivity index (χ2v) is 14.4. The third kappa shape index (κ3) is 11.0. The second-order valence-electron chi connectivity index (χ2n) is 11.6. The van der Waals surface area contributed by atoms with Crippen molar-refractivity contribution < 1.29 is 33.9 Å². The Kier molecular flexibility index (Phi) is 16.5. The molecule has 0 spiro atoms. The smallest absolute Gasteiger partial charge is 0.349 e. The van der Waals surface area contributed by atoms with Crippen LogP contribution in [0.2, 0.25) is 5.02 Å². The molecule has 0 saturated heterocycles. The highest BCUT2D eigenvalue weighted by Crippen LogP contribution is 2.37. The summed E-state index contributed by atoms with van der Waals surface area (Å²) in [6.07, 6.45) is 8.54. The summed E-state index contributed by atoms with van der Waals surface area (Å²) in [6.45, 7) is 8.31. The number of thioether (sulfide) groups is 1. The minimum absolute atomic E-state index is 0.0375. The fraction of sp³-hybridized carbons (Fsp3) is 0.472. The van der Waals surface area contributed by atoms with Crippen molar-refractivity contribution in [1.29, 1.82) is 0 Å². The zero-order valence-electron chi connectivity index (χ0n) is 28.2. The Morgan fingerprint density at radius 1 is 1.12 bits per heavy atom. The highest BCUT2D eigenvalue weighted by atomic mass is 35.5. The quantitative estimate of drug-likeness (QED) is 0.0529. The molecule has 2 amide bonds. The fourth-order valence-corrected chi connectivity index (χ4v) is 7.32. The van der Waals surface area contributed by atoms with E-state index >= 15 is 0 Å². The van der Waals surface area contributed by atoms with Crippen molar-refractivity contribution in [3.63, 3.8) is 0 Å². The largest absolute Gasteiger partial charge is 0.511 e. The van der Waals surface area contributed by atoms with E-state index in [1.165, 1.54) is 16.5 Å². The number of carbonyl (C=O) groups excluding carboxylic acids is 4. The second kappa shape index (κ2) is 20.0. The number of aliphatic hydroxyl groups excluding tert-OH is 1. The summed E-state index contributed by atoms with van der Waals surface area (Å²) >= 11 is 19.4. The highest BCUT2D eigenvalue weighted by Gasteiger charge is 2.39. The maximum Gasteiger partial charge on any atom is 0.349 e. The van der Waals surface area contributed by atoms with E-state index in [2.05, 4.69) is 19.0 Å². The van der Waals surface area contributed by atoms with Gasteiger partial charge < -0.3 is 14.7 Å². The van der Waals surface area contributed by atoms with Crippen LogP contribution in [0.25, 0.3) is 6.08 Å². The number of ether oxygens (including phenoxy) is 1. The van der Waals surface area contributed by atoms with Gasteiger partial charge in [0.25, 0.3) is 11.8 Å². The summed E-state index contributed by atoms with van der Waals surface area (Å²) in [7, 11) is 0. The number of anilines is 1. The molecule has 1 N–H and O–H groups in total. The number of imide groups is 1. The van der Waals surface area contributed by atoms with Gasteiger partial charge in [-0.15, -0.1) is 0 Å². The van der Waals surface area contributed by atoms with Crippen molar-refractivity contribution >= 4 is 87.6 Å². The molecular formula is C36H43Cl3N2O7S. The van der Waals surface area contributed by atoms with Crippen molar-refractivity contribution in [2.75, 3.05) is 23.9 Å². The van der Waals surface area contributed by atoms with Gasteiger partial charge >= 0.3 is 5.97 Å². The topological polar surface area (TPSA) is 123 Å². The lowest BCUT2D eigenvalue weighted by molar-refractivity contribution is -0.137. The number of hydrogen-bond donors (Lipinski definition) is 1. The molecule has 1 aromatic rings. The van der Waals surface area contributed by atoms with Crippen LogP contribution in [0.15, 0.2) is 62.5 Å². The molecule has 266 valence electrons. The Bertz CT molecular complexity index is 1540. The minimum atomic E-state index is -0.666. The van der Waals surface area contributed by atoms with Gasteiger partial charge in [-0.05, 0) is 93.0 Å². The summed E-state index contributed by atoms with van der Waals surface area (Å²) in [5.74, 6) is 0.161. The predicted octanol–water partition coefficient (Wildman–Crippen LogP) is 9.07. The predicted molar refractivity (Wildman–Crippen MR) is 198 cm³/mol. The normalized spacial score (nSPS) is 19.3. The number of carbonyl (C=O) groups is 4. The number of rotatable bonds is 13. The number of oxime groups is 1. The van der Waals surface area contributed by atoms with E-state index in [1.54, 1.807) is 31.2 Å². The molecule has 0 bridgehead atoms. The Hall–Kier alpha value is -3.05. The van der Waals surface area contributed by atoms with E-state index < -0.39 is 5.97 Å². The first kappa shape index (κ1) is 40.4. The van der Waals surface area contributed by atoms with Gasteiger partial charge in [-0.3, -0.25) is 14.4 Å². The van der Waals surface area contributed by atoms with E-state index in [0.717, 1.165) is 25.0 Å². The van der Waals surface area contributed by atoms with Crippen LogP contribution in [-0.2, 0) is 28.8 Å². The molecule has 13 heteroatoms. The van der Waals surface area contributed by atoms with Gasteiger partial charge in [0.05, 0.1) is 23.6 Å². The zero-order valence-corrected chi connectivity index (χ0v) is 31.3. The molecule has 1 heterocycles. The molecule has 0 saturated carbocycles. The zero-order chi connectivity index (χ0) is 36.1. The molecule has 0 fully saturated rings. The molecular weight excluding hydrogens is 711 g/mol. The van der Waals surface area contributed by atoms with Crippen LogP contribution in [0.3, 0.4) is 0 Å². The molecule has 0 radical (unpaired) electrons. The van der Waals surface area contributed by atoms with Gasteiger partial charge in [0, 0.05) is 39.8 Å². The lowest BCUT2D eigenvalue weighted by atomic mass is 9.82. The number of benzene rings is 1. The number of hydrogen-bond acceptors (Lipinski definition) is 9. The van der Waals surface area contributed by atoms with Crippen molar-refractivity contribution in [3.8, 4) is 0 Å². The van der Waals surface area contributed by atoms with E-state index in [9.17, 15) is 24.3 Å². The van der Waals surface area contributed by atoms with Gasteiger partial charge in [-0.2, -0.15) is 11.8 Å². The lowest BCUT2D eigenvalue weighted by Gasteiger charge is -2.25. The monoisotopic (exact) mass is 752 g/mol. The molecule has 3 aliphatic rings. The van der Waals surface area contributed by atoms with E-state index in [1.807, 2.05) is 18.7 Å². The molecule has 1 aliphatic heterocycles. The third-order valence-electron chi connectivity index (χ3n) is 8.08. The Balaban J connectivity index is 0.000000268. The standard InChI is InChI=1S/C19H17Cl2NO4.C17H26ClNO3S/c1-2-26-19(25)16(21)10-11-9-12(7-8-15(11)20)22-17(23)13-5-3-4-6-14(13)18(22)24;1-4-14(19-22-8-6-7-18)17-15(20)10-13(11-16(17)21)9-12(3)23-5-2/h7-10H,2-6H2,1H3;6-7,12-13,20H,4-5,8-11H2,1-3H3/b16-10-;7-6+,19-14+. The lowest BCUT2D eigenvalue weighted by Crippen LogP contribution is -2.31. The SMILES string of the molecule is CCOC(=O)/C(Cl)=C/c1cc(N2C(=O)C3=C(CCCC3)C2=O)ccc1Cl.CCSC(C)CC1CC(=O)C(/C(CC)=N/OC/C=C/Cl)=C(O)C1. The molecule has 1 aromatic carbocycles. The number of amides is 2. The van der Waals surface area contributed by atoms with Crippen molar-refractivity contribution in [2.24, 2.45) is 11.1 Å². The van der Waals surface area contributed by atoms with Gasteiger partial charge in [0.2, 0.25) is 0 Å². The van der Waals surface area contributed by atoms with E-state index in [4.69, 9.17) is 44.4 Å². The van der Waals surface area contributed by atoms with Crippen LogP contribution in [0, 0.1) is 5.92 Å². The molecule has 4 rings (SSSR count). The number of halogens is 3. The van der Waals surface area contributed by atoms with E-state index in [-0.39, 0.29) is 47.5 Å². The summed E-state index contributed by atoms with van der Waals surface area (Å²) in [6, 6.07) is 4.74. The molecule has 2 atom stereocenters. The highest BCUT2D eigenvalue weighted by molar-refractivity contribution is 7.99. The van der Waals surface area contributed by atoms with Crippen LogP contribution >= 0.6 is 46.6 Å². The fourth-order valence-electron chi connectivity index (χ4n) is 5.92. The average molecular weight is 754 g/mol. The number of Topliss-reactive ketones (excluding diaryl/α,β-unsaturated/α-hetero) is 1. The molecule has 2 aliphatic carbocycles. The van der Waals surface area contributed by atoms with Crippen molar-refractivity contribution in [3.05, 3.63) is 67.9 Å². The van der Waals surface area contributed by atoms with Crippen LogP contribution in [0.1, 0.15) is 84.6 Å². The maximum atomic E-state index is 12.7. The molecule has 9 nitrogen and oxygen atoms in total.